The van der Waals surface area contributed by atoms with Gasteiger partial charge in [-0.1, -0.05) is 33.2 Å². The van der Waals surface area contributed by atoms with Crippen LogP contribution in [-0.4, -0.2) is 16.2 Å². The average molecular weight is 296 g/mol. The molecule has 0 aliphatic rings. The lowest BCUT2D eigenvalue weighted by Gasteiger charge is -1.99. The number of benzene rings is 1. The molecule has 0 radical (unpaired) electrons. The van der Waals surface area contributed by atoms with Crippen LogP contribution < -0.4 is 5.73 Å². The Morgan fingerprint density at radius 2 is 2.24 bits per heavy atom. The summed E-state index contributed by atoms with van der Waals surface area (Å²) in [6, 6.07) is 5.99. The second kappa shape index (κ2) is 4.98. The summed E-state index contributed by atoms with van der Waals surface area (Å²) in [6.45, 7) is 3.94. The highest BCUT2D eigenvalue weighted by Crippen LogP contribution is 2.23. The molecule has 0 amide bonds. The molecule has 5 heteroatoms. The summed E-state index contributed by atoms with van der Waals surface area (Å²) in [6.07, 6.45) is 0.597. The molecule has 90 valence electrons. The van der Waals surface area contributed by atoms with Gasteiger partial charge in [-0.15, -0.1) is 0 Å². The second-order valence-electron chi connectivity index (χ2n) is 4.16. The number of nitrogens with zero attached hydrogens (tertiary/aromatic N) is 2. The van der Waals surface area contributed by atoms with Crippen LogP contribution in [-0.2, 0) is 6.42 Å². The Morgan fingerprint density at radius 3 is 2.88 bits per heavy atom. The quantitative estimate of drug-likeness (QED) is 0.945. The third kappa shape index (κ3) is 2.92. The Bertz CT molecular complexity index is 522. The van der Waals surface area contributed by atoms with E-state index in [1.165, 1.54) is 5.56 Å². The Morgan fingerprint density at radius 1 is 1.47 bits per heavy atom. The molecule has 0 fully saturated rings. The molecule has 0 saturated heterocycles. The molecule has 0 aliphatic carbocycles. The van der Waals surface area contributed by atoms with Gasteiger partial charge >= 0.3 is 0 Å². The lowest BCUT2D eigenvalue weighted by molar-refractivity contribution is 0.372. The van der Waals surface area contributed by atoms with Gasteiger partial charge in [0.2, 0.25) is 11.7 Å². The Balaban J connectivity index is 2.27. The molecule has 17 heavy (non-hydrogen) atoms. The third-order valence-electron chi connectivity index (χ3n) is 2.39. The molecule has 0 aliphatic heterocycles. The summed E-state index contributed by atoms with van der Waals surface area (Å²) in [5.74, 6) is 1.17. The van der Waals surface area contributed by atoms with Crippen molar-refractivity contribution in [3.8, 4) is 11.4 Å². The minimum Gasteiger partial charge on any atom is -0.339 e. The summed E-state index contributed by atoms with van der Waals surface area (Å²) < 4.78 is 6.18. The summed E-state index contributed by atoms with van der Waals surface area (Å²) in [5, 5.41) is 3.95. The smallest absolute Gasteiger partial charge is 0.228 e. The molecule has 2 N–H and O–H groups in total. The van der Waals surface area contributed by atoms with Crippen molar-refractivity contribution in [2.45, 2.75) is 26.3 Å². The minimum absolute atomic E-state index is 0.0213. The SMILES string of the molecule is Cc1ccc(-c2noc(CC(C)N)n2)cc1Br. The van der Waals surface area contributed by atoms with Crippen LogP contribution in [0.5, 0.6) is 0 Å². The molecule has 1 atom stereocenters. The first-order valence-corrected chi connectivity index (χ1v) is 6.20. The zero-order valence-electron chi connectivity index (χ0n) is 9.77. The lowest BCUT2D eigenvalue weighted by atomic mass is 10.1. The zero-order chi connectivity index (χ0) is 12.4. The van der Waals surface area contributed by atoms with E-state index < -0.39 is 0 Å². The fourth-order valence-corrected chi connectivity index (χ4v) is 1.84. The standard InChI is InChI=1S/C12H14BrN3O/c1-7-3-4-9(6-10(7)13)12-15-11(17-16-12)5-8(2)14/h3-4,6,8H,5,14H2,1-2H3. The molecule has 2 rings (SSSR count). The van der Waals surface area contributed by atoms with Gasteiger partial charge in [-0.25, -0.2) is 0 Å². The molecule has 0 saturated carbocycles. The van der Waals surface area contributed by atoms with Crippen molar-refractivity contribution in [3.63, 3.8) is 0 Å². The molecule has 1 aromatic heterocycles. The highest BCUT2D eigenvalue weighted by molar-refractivity contribution is 9.10. The van der Waals surface area contributed by atoms with Crippen LogP contribution in [0.25, 0.3) is 11.4 Å². The van der Waals surface area contributed by atoms with E-state index >= 15 is 0 Å². The molecule has 1 aromatic carbocycles. The van der Waals surface area contributed by atoms with E-state index in [0.717, 1.165) is 10.0 Å². The van der Waals surface area contributed by atoms with Crippen LogP contribution in [0.3, 0.4) is 0 Å². The fourth-order valence-electron chi connectivity index (χ4n) is 1.46. The first-order chi connectivity index (χ1) is 8.06. The van der Waals surface area contributed by atoms with E-state index in [0.29, 0.717) is 18.1 Å². The predicted molar refractivity (Wildman–Crippen MR) is 69.5 cm³/mol. The number of nitrogens with two attached hydrogens (primary N) is 1. The maximum absolute atomic E-state index is 5.68. The number of hydrogen-bond donors (Lipinski definition) is 1. The molecular weight excluding hydrogens is 282 g/mol. The predicted octanol–water partition coefficient (Wildman–Crippen LogP) is 2.70. The highest BCUT2D eigenvalue weighted by Gasteiger charge is 2.10. The van der Waals surface area contributed by atoms with Crippen molar-refractivity contribution < 1.29 is 4.52 Å². The number of aryl methyl sites for hydroxylation is 1. The third-order valence-corrected chi connectivity index (χ3v) is 3.25. The van der Waals surface area contributed by atoms with E-state index in [2.05, 4.69) is 26.1 Å². The van der Waals surface area contributed by atoms with Crippen molar-refractivity contribution in [3.05, 3.63) is 34.1 Å². The summed E-state index contributed by atoms with van der Waals surface area (Å²) in [4.78, 5) is 4.31. The Kier molecular flexibility index (Phi) is 3.59. The zero-order valence-corrected chi connectivity index (χ0v) is 11.4. The van der Waals surface area contributed by atoms with Crippen molar-refractivity contribution in [1.82, 2.24) is 10.1 Å². The summed E-state index contributed by atoms with van der Waals surface area (Å²) in [5.41, 5.74) is 7.79. The van der Waals surface area contributed by atoms with E-state index in [4.69, 9.17) is 10.3 Å². The van der Waals surface area contributed by atoms with Crippen molar-refractivity contribution >= 4 is 15.9 Å². The number of rotatable bonds is 3. The van der Waals surface area contributed by atoms with E-state index in [1.54, 1.807) is 0 Å². The summed E-state index contributed by atoms with van der Waals surface area (Å²) in [7, 11) is 0. The first-order valence-electron chi connectivity index (χ1n) is 5.41. The van der Waals surface area contributed by atoms with Gasteiger partial charge in [0, 0.05) is 22.5 Å². The maximum atomic E-state index is 5.68. The Hall–Kier alpha value is -1.20. The largest absolute Gasteiger partial charge is 0.339 e. The average Bonchev–Trinajstić information content (AvgIpc) is 2.69. The van der Waals surface area contributed by atoms with Gasteiger partial charge in [0.15, 0.2) is 0 Å². The number of halogens is 1. The molecule has 4 nitrogen and oxygen atoms in total. The molecule has 2 aromatic rings. The van der Waals surface area contributed by atoms with Crippen LogP contribution >= 0.6 is 15.9 Å². The summed E-state index contributed by atoms with van der Waals surface area (Å²) >= 11 is 3.48. The lowest BCUT2D eigenvalue weighted by Crippen LogP contribution is -2.17. The van der Waals surface area contributed by atoms with E-state index in [9.17, 15) is 0 Å². The molecule has 0 bridgehead atoms. The molecule has 1 heterocycles. The number of aromatic nitrogens is 2. The first kappa shape index (κ1) is 12.3. The van der Waals surface area contributed by atoms with Crippen molar-refractivity contribution in [2.24, 2.45) is 5.73 Å². The molecular formula is C12H14BrN3O. The van der Waals surface area contributed by atoms with Crippen LogP contribution in [0.4, 0.5) is 0 Å². The van der Waals surface area contributed by atoms with E-state index in [-0.39, 0.29) is 6.04 Å². The van der Waals surface area contributed by atoms with Crippen LogP contribution in [0.1, 0.15) is 18.4 Å². The fraction of sp³-hybridized carbons (Fsp3) is 0.333. The van der Waals surface area contributed by atoms with Crippen molar-refractivity contribution in [2.75, 3.05) is 0 Å². The highest BCUT2D eigenvalue weighted by atomic mass is 79.9. The molecule has 0 spiro atoms. The monoisotopic (exact) mass is 295 g/mol. The minimum atomic E-state index is 0.0213. The van der Waals surface area contributed by atoms with Gasteiger partial charge in [0.05, 0.1) is 0 Å². The van der Waals surface area contributed by atoms with E-state index in [1.807, 2.05) is 32.0 Å². The van der Waals surface area contributed by atoms with Crippen molar-refractivity contribution in [1.29, 1.82) is 0 Å². The van der Waals surface area contributed by atoms with Gasteiger partial charge in [-0.05, 0) is 25.5 Å². The number of hydrogen-bond acceptors (Lipinski definition) is 4. The Labute approximate surface area is 108 Å². The van der Waals surface area contributed by atoms with Gasteiger partial charge in [0.1, 0.15) is 0 Å². The van der Waals surface area contributed by atoms with Gasteiger partial charge in [-0.2, -0.15) is 4.98 Å². The van der Waals surface area contributed by atoms with Crippen LogP contribution in [0.2, 0.25) is 0 Å². The normalized spacial score (nSPS) is 12.7. The van der Waals surface area contributed by atoms with Gasteiger partial charge in [0.25, 0.3) is 0 Å². The van der Waals surface area contributed by atoms with Crippen LogP contribution in [0, 0.1) is 6.92 Å². The molecule has 1 unspecified atom stereocenters. The maximum Gasteiger partial charge on any atom is 0.228 e. The van der Waals surface area contributed by atoms with Crippen LogP contribution in [0.15, 0.2) is 27.2 Å². The second-order valence-corrected chi connectivity index (χ2v) is 5.01. The van der Waals surface area contributed by atoms with Gasteiger partial charge in [-0.3, -0.25) is 0 Å². The topological polar surface area (TPSA) is 64.9 Å². The van der Waals surface area contributed by atoms with Gasteiger partial charge < -0.3 is 10.3 Å².